The summed E-state index contributed by atoms with van der Waals surface area (Å²) in [6, 6.07) is 6.00. The minimum absolute atomic E-state index is 0.0529. The number of hydrogen-bond acceptors (Lipinski definition) is 2. The average Bonchev–Trinajstić information content (AvgIpc) is 2.29. The lowest BCUT2D eigenvalue weighted by molar-refractivity contribution is -0.173. The highest BCUT2D eigenvalue weighted by atomic mass is 19.3. The standard InChI is InChI=1S/C12H14F2O2/c1-3-9-7-5-6-8-10(9)12(13,14)11(15)16-4-2/h5-8H,3-4H2,1-2H3. The van der Waals surface area contributed by atoms with Gasteiger partial charge >= 0.3 is 11.9 Å². The number of carbonyl (C=O) groups excluding carboxylic acids is 1. The Morgan fingerprint density at radius 1 is 1.31 bits per heavy atom. The smallest absolute Gasteiger partial charge is 0.381 e. The lowest BCUT2D eigenvalue weighted by Gasteiger charge is -2.17. The van der Waals surface area contributed by atoms with E-state index >= 15 is 0 Å². The van der Waals surface area contributed by atoms with Crippen LogP contribution < -0.4 is 0 Å². The molecule has 0 heterocycles. The molecule has 0 aromatic heterocycles. The van der Waals surface area contributed by atoms with Gasteiger partial charge in [0.1, 0.15) is 0 Å². The Morgan fingerprint density at radius 2 is 1.94 bits per heavy atom. The summed E-state index contributed by atoms with van der Waals surface area (Å²) in [5.41, 5.74) is 0.191. The predicted molar refractivity (Wildman–Crippen MR) is 56.3 cm³/mol. The number of esters is 1. The van der Waals surface area contributed by atoms with Gasteiger partial charge in [0, 0.05) is 5.56 Å². The van der Waals surface area contributed by atoms with Gasteiger partial charge in [-0.3, -0.25) is 0 Å². The van der Waals surface area contributed by atoms with Gasteiger partial charge in [0.15, 0.2) is 0 Å². The maximum absolute atomic E-state index is 13.7. The van der Waals surface area contributed by atoms with Crippen molar-refractivity contribution in [2.45, 2.75) is 26.2 Å². The van der Waals surface area contributed by atoms with Crippen LogP contribution in [0.3, 0.4) is 0 Å². The summed E-state index contributed by atoms with van der Waals surface area (Å²) < 4.78 is 31.8. The second kappa shape index (κ2) is 5.05. The third kappa shape index (κ3) is 2.38. The first-order valence-corrected chi connectivity index (χ1v) is 5.17. The first kappa shape index (κ1) is 12.6. The Morgan fingerprint density at radius 3 is 2.50 bits per heavy atom. The molecule has 0 bridgehead atoms. The van der Waals surface area contributed by atoms with Crippen LogP contribution in [-0.2, 0) is 21.9 Å². The fourth-order valence-electron chi connectivity index (χ4n) is 1.47. The molecule has 0 unspecified atom stereocenters. The van der Waals surface area contributed by atoms with Gasteiger partial charge in [-0.05, 0) is 18.9 Å². The van der Waals surface area contributed by atoms with Gasteiger partial charge in [-0.15, -0.1) is 0 Å². The molecule has 2 nitrogen and oxygen atoms in total. The van der Waals surface area contributed by atoms with Crippen molar-refractivity contribution in [1.82, 2.24) is 0 Å². The summed E-state index contributed by atoms with van der Waals surface area (Å²) >= 11 is 0. The van der Waals surface area contributed by atoms with Gasteiger partial charge in [-0.2, -0.15) is 8.78 Å². The van der Waals surface area contributed by atoms with Crippen molar-refractivity contribution in [3.05, 3.63) is 35.4 Å². The molecule has 16 heavy (non-hydrogen) atoms. The minimum Gasteiger partial charge on any atom is -0.461 e. The van der Waals surface area contributed by atoms with E-state index in [2.05, 4.69) is 4.74 Å². The zero-order valence-corrected chi connectivity index (χ0v) is 9.30. The van der Waals surface area contributed by atoms with E-state index in [-0.39, 0.29) is 12.2 Å². The fourth-order valence-corrected chi connectivity index (χ4v) is 1.47. The van der Waals surface area contributed by atoms with Crippen molar-refractivity contribution in [2.75, 3.05) is 6.61 Å². The lowest BCUT2D eigenvalue weighted by atomic mass is 10.00. The molecular weight excluding hydrogens is 214 g/mol. The van der Waals surface area contributed by atoms with E-state index in [1.54, 1.807) is 19.1 Å². The van der Waals surface area contributed by atoms with E-state index in [1.807, 2.05) is 0 Å². The highest BCUT2D eigenvalue weighted by molar-refractivity contribution is 5.79. The zero-order chi connectivity index (χ0) is 12.2. The van der Waals surface area contributed by atoms with Crippen LogP contribution in [0.15, 0.2) is 24.3 Å². The van der Waals surface area contributed by atoms with Crippen LogP contribution in [0.2, 0.25) is 0 Å². The summed E-state index contributed by atoms with van der Waals surface area (Å²) in [6.45, 7) is 3.21. The monoisotopic (exact) mass is 228 g/mol. The Labute approximate surface area is 93.2 Å². The molecule has 0 aliphatic heterocycles. The van der Waals surface area contributed by atoms with E-state index in [0.29, 0.717) is 12.0 Å². The second-order valence-electron chi connectivity index (χ2n) is 3.31. The van der Waals surface area contributed by atoms with Crippen LogP contribution in [0.5, 0.6) is 0 Å². The van der Waals surface area contributed by atoms with Crippen molar-refractivity contribution >= 4 is 5.97 Å². The number of hydrogen-bond donors (Lipinski definition) is 0. The van der Waals surface area contributed by atoms with Crippen molar-refractivity contribution in [1.29, 1.82) is 0 Å². The minimum atomic E-state index is -3.57. The Hall–Kier alpha value is -1.45. The van der Waals surface area contributed by atoms with E-state index in [4.69, 9.17) is 0 Å². The van der Waals surface area contributed by atoms with E-state index in [9.17, 15) is 13.6 Å². The number of carbonyl (C=O) groups is 1. The summed E-state index contributed by atoms with van der Waals surface area (Å²) in [5, 5.41) is 0. The number of benzene rings is 1. The van der Waals surface area contributed by atoms with E-state index in [1.165, 1.54) is 19.1 Å². The van der Waals surface area contributed by atoms with Crippen molar-refractivity contribution < 1.29 is 18.3 Å². The van der Waals surface area contributed by atoms with Crippen LogP contribution in [0.25, 0.3) is 0 Å². The quantitative estimate of drug-likeness (QED) is 0.741. The average molecular weight is 228 g/mol. The predicted octanol–water partition coefficient (Wildman–Crippen LogP) is 2.90. The molecular formula is C12H14F2O2. The molecule has 0 atom stereocenters. The summed E-state index contributed by atoms with van der Waals surface area (Å²) in [5.74, 6) is -5.06. The highest BCUT2D eigenvalue weighted by Gasteiger charge is 2.43. The zero-order valence-electron chi connectivity index (χ0n) is 9.30. The Kier molecular flexibility index (Phi) is 3.99. The fraction of sp³-hybridized carbons (Fsp3) is 0.417. The summed E-state index contributed by atoms with van der Waals surface area (Å²) in [7, 11) is 0. The number of aryl methyl sites for hydroxylation is 1. The second-order valence-corrected chi connectivity index (χ2v) is 3.31. The van der Waals surface area contributed by atoms with Crippen LogP contribution >= 0.6 is 0 Å². The molecule has 1 rings (SSSR count). The van der Waals surface area contributed by atoms with Crippen molar-refractivity contribution in [3.63, 3.8) is 0 Å². The molecule has 0 saturated carbocycles. The number of alkyl halides is 2. The molecule has 0 amide bonds. The molecule has 0 fully saturated rings. The first-order chi connectivity index (χ1) is 7.54. The van der Waals surface area contributed by atoms with Crippen molar-refractivity contribution in [2.24, 2.45) is 0 Å². The molecule has 0 aliphatic rings. The molecule has 1 aromatic carbocycles. The van der Waals surface area contributed by atoms with Crippen LogP contribution in [-0.4, -0.2) is 12.6 Å². The van der Waals surface area contributed by atoms with Gasteiger partial charge in [-0.25, -0.2) is 4.79 Å². The maximum Gasteiger partial charge on any atom is 0.381 e. The summed E-state index contributed by atoms with van der Waals surface area (Å²) in [6.07, 6.45) is 0.450. The molecule has 0 radical (unpaired) electrons. The molecule has 0 N–H and O–H groups in total. The van der Waals surface area contributed by atoms with E-state index in [0.717, 1.165) is 0 Å². The Balaban J connectivity index is 3.10. The number of ether oxygens (including phenoxy) is 1. The lowest BCUT2D eigenvalue weighted by Crippen LogP contribution is -2.29. The molecule has 1 aromatic rings. The van der Waals surface area contributed by atoms with Gasteiger partial charge in [0.05, 0.1) is 6.61 Å². The van der Waals surface area contributed by atoms with Gasteiger partial charge in [0.25, 0.3) is 0 Å². The number of halogens is 2. The number of rotatable bonds is 4. The topological polar surface area (TPSA) is 26.3 Å². The van der Waals surface area contributed by atoms with Crippen LogP contribution in [0.1, 0.15) is 25.0 Å². The van der Waals surface area contributed by atoms with Crippen LogP contribution in [0, 0.1) is 0 Å². The van der Waals surface area contributed by atoms with Crippen molar-refractivity contribution in [3.8, 4) is 0 Å². The molecule has 0 aliphatic carbocycles. The normalized spacial score (nSPS) is 11.2. The summed E-state index contributed by atoms with van der Waals surface area (Å²) in [4.78, 5) is 11.2. The van der Waals surface area contributed by atoms with Gasteiger partial charge < -0.3 is 4.74 Å². The first-order valence-electron chi connectivity index (χ1n) is 5.17. The molecule has 0 spiro atoms. The van der Waals surface area contributed by atoms with Crippen LogP contribution in [0.4, 0.5) is 8.78 Å². The molecule has 88 valence electrons. The Bertz CT molecular complexity index is 375. The molecule has 4 heteroatoms. The third-order valence-corrected chi connectivity index (χ3v) is 2.27. The highest BCUT2D eigenvalue weighted by Crippen LogP contribution is 2.32. The molecule has 0 saturated heterocycles. The maximum atomic E-state index is 13.7. The van der Waals surface area contributed by atoms with E-state index < -0.39 is 11.9 Å². The third-order valence-electron chi connectivity index (χ3n) is 2.27. The van der Waals surface area contributed by atoms with Gasteiger partial charge in [-0.1, -0.05) is 31.2 Å². The van der Waals surface area contributed by atoms with Gasteiger partial charge in [0.2, 0.25) is 0 Å². The largest absolute Gasteiger partial charge is 0.461 e. The SMILES string of the molecule is CCOC(=O)C(F)(F)c1ccccc1CC.